The van der Waals surface area contributed by atoms with Gasteiger partial charge in [-0.05, 0) is 43.0 Å². The molecular formula is C21H26N2O2. The van der Waals surface area contributed by atoms with Crippen LogP contribution in [0.2, 0.25) is 0 Å². The van der Waals surface area contributed by atoms with Crippen molar-refractivity contribution in [2.75, 3.05) is 17.2 Å². The standard InChI is InChI=1S/C21H26N2O2/c1-4-16-8-6-9-17(5-2)21(16)23-20(25)12-13-22-19-11-7-10-18(14-19)15(3)24/h6-11,14,22H,4-5,12-13H2,1-3H3,(H,23,25). The number of carbonyl (C=O) groups excluding carboxylic acids is 2. The number of ketones is 1. The van der Waals surface area contributed by atoms with Crippen molar-refractivity contribution in [3.05, 3.63) is 59.2 Å². The molecule has 0 unspecified atom stereocenters. The molecule has 2 N–H and O–H groups in total. The molecule has 0 heterocycles. The molecule has 0 bridgehead atoms. The molecule has 0 saturated heterocycles. The molecule has 0 radical (unpaired) electrons. The number of benzene rings is 2. The lowest BCUT2D eigenvalue weighted by Gasteiger charge is -2.14. The summed E-state index contributed by atoms with van der Waals surface area (Å²) in [6.45, 7) is 6.24. The Morgan fingerprint density at radius 3 is 2.20 bits per heavy atom. The number of amides is 1. The number of hydrogen-bond acceptors (Lipinski definition) is 3. The molecule has 0 aliphatic rings. The van der Waals surface area contributed by atoms with Crippen LogP contribution in [0.1, 0.15) is 48.7 Å². The van der Waals surface area contributed by atoms with Gasteiger partial charge in [-0.1, -0.05) is 44.2 Å². The van der Waals surface area contributed by atoms with E-state index in [1.54, 1.807) is 13.0 Å². The van der Waals surface area contributed by atoms with Crippen molar-refractivity contribution in [2.24, 2.45) is 0 Å². The fraction of sp³-hybridized carbons (Fsp3) is 0.333. The predicted molar refractivity (Wildman–Crippen MR) is 103 cm³/mol. The minimum atomic E-state index is -0.00850. The van der Waals surface area contributed by atoms with Gasteiger partial charge in [0.05, 0.1) is 0 Å². The molecule has 0 atom stereocenters. The van der Waals surface area contributed by atoms with Gasteiger partial charge in [0.15, 0.2) is 5.78 Å². The molecule has 2 aromatic carbocycles. The zero-order valence-electron chi connectivity index (χ0n) is 15.2. The van der Waals surface area contributed by atoms with Gasteiger partial charge < -0.3 is 10.6 Å². The van der Waals surface area contributed by atoms with E-state index < -0.39 is 0 Å². The van der Waals surface area contributed by atoms with Crippen LogP contribution in [0.25, 0.3) is 0 Å². The maximum absolute atomic E-state index is 12.3. The molecule has 4 heteroatoms. The Labute approximate surface area is 149 Å². The summed E-state index contributed by atoms with van der Waals surface area (Å²) >= 11 is 0. The van der Waals surface area contributed by atoms with E-state index in [2.05, 4.69) is 36.6 Å². The number of aryl methyl sites for hydroxylation is 2. The van der Waals surface area contributed by atoms with Crippen LogP contribution in [0.15, 0.2) is 42.5 Å². The largest absolute Gasteiger partial charge is 0.385 e. The molecule has 0 aliphatic carbocycles. The normalized spacial score (nSPS) is 10.4. The van der Waals surface area contributed by atoms with E-state index in [4.69, 9.17) is 0 Å². The minimum absolute atomic E-state index is 0.00850. The molecule has 2 rings (SSSR count). The van der Waals surface area contributed by atoms with E-state index >= 15 is 0 Å². The van der Waals surface area contributed by atoms with E-state index in [-0.39, 0.29) is 11.7 Å². The van der Waals surface area contributed by atoms with Gasteiger partial charge in [0.2, 0.25) is 5.91 Å². The highest BCUT2D eigenvalue weighted by atomic mass is 16.1. The molecule has 132 valence electrons. The molecule has 0 saturated carbocycles. The van der Waals surface area contributed by atoms with Crippen molar-refractivity contribution in [3.63, 3.8) is 0 Å². The lowest BCUT2D eigenvalue weighted by atomic mass is 10.0. The van der Waals surface area contributed by atoms with Gasteiger partial charge in [-0.2, -0.15) is 0 Å². The van der Waals surface area contributed by atoms with Crippen LogP contribution in [-0.4, -0.2) is 18.2 Å². The summed E-state index contributed by atoms with van der Waals surface area (Å²) in [5.74, 6) is 0.0236. The van der Waals surface area contributed by atoms with Gasteiger partial charge >= 0.3 is 0 Å². The van der Waals surface area contributed by atoms with Gasteiger partial charge in [0, 0.05) is 29.9 Å². The van der Waals surface area contributed by atoms with Gasteiger partial charge in [-0.15, -0.1) is 0 Å². The quantitative estimate of drug-likeness (QED) is 0.699. The Kier molecular flexibility index (Phi) is 6.75. The topological polar surface area (TPSA) is 58.2 Å². The fourth-order valence-electron chi connectivity index (χ4n) is 2.77. The summed E-state index contributed by atoms with van der Waals surface area (Å²) in [6, 6.07) is 13.5. The number of anilines is 2. The summed E-state index contributed by atoms with van der Waals surface area (Å²) < 4.78 is 0. The van der Waals surface area contributed by atoms with Crippen molar-refractivity contribution < 1.29 is 9.59 Å². The molecule has 0 aliphatic heterocycles. The highest BCUT2D eigenvalue weighted by Crippen LogP contribution is 2.22. The van der Waals surface area contributed by atoms with Crippen LogP contribution < -0.4 is 10.6 Å². The highest BCUT2D eigenvalue weighted by Gasteiger charge is 2.10. The second-order valence-corrected chi connectivity index (χ2v) is 6.02. The number of para-hydroxylation sites is 1. The molecule has 4 nitrogen and oxygen atoms in total. The molecular weight excluding hydrogens is 312 g/mol. The first-order chi connectivity index (χ1) is 12.0. The zero-order valence-corrected chi connectivity index (χ0v) is 15.2. The van der Waals surface area contributed by atoms with E-state index in [0.717, 1.165) is 35.3 Å². The zero-order chi connectivity index (χ0) is 18.2. The van der Waals surface area contributed by atoms with Crippen LogP contribution in [-0.2, 0) is 17.6 Å². The Morgan fingerprint density at radius 1 is 0.960 bits per heavy atom. The van der Waals surface area contributed by atoms with Crippen molar-refractivity contribution in [3.8, 4) is 0 Å². The first kappa shape index (κ1) is 18.7. The summed E-state index contributed by atoms with van der Waals surface area (Å²) in [5, 5.41) is 6.26. The number of hydrogen-bond donors (Lipinski definition) is 2. The number of Topliss-reactive ketones (excluding diaryl/α,β-unsaturated/α-hetero) is 1. The van der Waals surface area contributed by atoms with Gasteiger partial charge in [-0.25, -0.2) is 0 Å². The second-order valence-electron chi connectivity index (χ2n) is 6.02. The third-order valence-corrected chi connectivity index (χ3v) is 4.21. The molecule has 2 aromatic rings. The van der Waals surface area contributed by atoms with E-state index in [9.17, 15) is 9.59 Å². The first-order valence-electron chi connectivity index (χ1n) is 8.80. The molecule has 0 fully saturated rings. The predicted octanol–water partition coefficient (Wildman–Crippen LogP) is 4.45. The van der Waals surface area contributed by atoms with Crippen LogP contribution in [0, 0.1) is 0 Å². The number of nitrogens with one attached hydrogen (secondary N) is 2. The van der Waals surface area contributed by atoms with Gasteiger partial charge in [0.1, 0.15) is 0 Å². The number of rotatable bonds is 8. The van der Waals surface area contributed by atoms with Crippen LogP contribution in [0.3, 0.4) is 0 Å². The maximum atomic E-state index is 12.3. The highest BCUT2D eigenvalue weighted by molar-refractivity contribution is 5.95. The average molecular weight is 338 g/mol. The van der Waals surface area contributed by atoms with Crippen LogP contribution in [0.4, 0.5) is 11.4 Å². The van der Waals surface area contributed by atoms with Crippen molar-refractivity contribution >= 4 is 23.1 Å². The Morgan fingerprint density at radius 2 is 1.60 bits per heavy atom. The van der Waals surface area contributed by atoms with Gasteiger partial charge in [-0.3, -0.25) is 9.59 Å². The smallest absolute Gasteiger partial charge is 0.226 e. The third-order valence-electron chi connectivity index (χ3n) is 4.21. The van der Waals surface area contributed by atoms with Crippen LogP contribution in [0.5, 0.6) is 0 Å². The molecule has 0 spiro atoms. The van der Waals surface area contributed by atoms with Crippen molar-refractivity contribution in [1.29, 1.82) is 0 Å². The van der Waals surface area contributed by atoms with E-state index in [1.165, 1.54) is 0 Å². The van der Waals surface area contributed by atoms with Crippen molar-refractivity contribution in [1.82, 2.24) is 0 Å². The third kappa shape index (κ3) is 5.18. The first-order valence-corrected chi connectivity index (χ1v) is 8.80. The van der Waals surface area contributed by atoms with E-state index in [1.807, 2.05) is 24.3 Å². The average Bonchev–Trinajstić information content (AvgIpc) is 2.62. The molecule has 1 amide bonds. The van der Waals surface area contributed by atoms with Crippen LogP contribution >= 0.6 is 0 Å². The summed E-state index contributed by atoms with van der Waals surface area (Å²) in [5.41, 5.74) is 4.79. The number of carbonyl (C=O) groups is 2. The maximum Gasteiger partial charge on any atom is 0.226 e. The minimum Gasteiger partial charge on any atom is -0.385 e. The fourth-order valence-corrected chi connectivity index (χ4v) is 2.77. The Bertz CT molecular complexity index is 731. The Balaban J connectivity index is 1.94. The molecule has 0 aromatic heterocycles. The Hall–Kier alpha value is -2.62. The molecule has 25 heavy (non-hydrogen) atoms. The van der Waals surface area contributed by atoms with Crippen molar-refractivity contribution in [2.45, 2.75) is 40.0 Å². The lowest BCUT2D eigenvalue weighted by Crippen LogP contribution is -2.18. The summed E-state index contributed by atoms with van der Waals surface area (Å²) in [6.07, 6.45) is 2.14. The van der Waals surface area contributed by atoms with Gasteiger partial charge in [0.25, 0.3) is 0 Å². The second kappa shape index (κ2) is 9.02. The SMILES string of the molecule is CCc1cccc(CC)c1NC(=O)CCNc1cccc(C(C)=O)c1. The summed E-state index contributed by atoms with van der Waals surface area (Å²) in [7, 11) is 0. The van der Waals surface area contributed by atoms with E-state index in [0.29, 0.717) is 18.5 Å². The summed E-state index contributed by atoms with van der Waals surface area (Å²) in [4.78, 5) is 23.7. The monoisotopic (exact) mass is 338 g/mol. The lowest BCUT2D eigenvalue weighted by molar-refractivity contribution is -0.116.